The highest BCUT2D eigenvalue weighted by Gasteiger charge is 2.44. The predicted octanol–water partition coefficient (Wildman–Crippen LogP) is 4.52. The number of amides is 1. The number of fused-ring (bicyclic) bond motifs is 1. The molecule has 2 aromatic heterocycles. The molecule has 32 heavy (non-hydrogen) atoms. The third-order valence-corrected chi connectivity index (χ3v) is 6.40. The number of pyridine rings is 1. The summed E-state index contributed by atoms with van der Waals surface area (Å²) in [7, 11) is 0. The normalized spacial score (nSPS) is 18.7. The molecule has 1 saturated carbocycles. The van der Waals surface area contributed by atoms with Crippen LogP contribution in [0.5, 0.6) is 0 Å². The fraction of sp³-hybridized carbons (Fsp3) is 0.333. The number of carbonyl (C=O) groups excluding carboxylic acids is 1. The van der Waals surface area contributed by atoms with Gasteiger partial charge in [-0.25, -0.2) is 0 Å². The molecule has 1 unspecified atom stereocenters. The van der Waals surface area contributed by atoms with Crippen molar-refractivity contribution >= 4 is 34.6 Å². The van der Waals surface area contributed by atoms with Crippen LogP contribution in [0.2, 0.25) is 5.02 Å². The summed E-state index contributed by atoms with van der Waals surface area (Å²) in [5.41, 5.74) is 5.11. The first-order valence-electron chi connectivity index (χ1n) is 10.9. The van der Waals surface area contributed by atoms with E-state index in [2.05, 4.69) is 15.5 Å². The molecular formula is C24H25ClN6O. The Morgan fingerprint density at radius 2 is 1.94 bits per heavy atom. The summed E-state index contributed by atoms with van der Waals surface area (Å²) in [6.07, 6.45) is 4.53. The number of aromatic nitrogens is 3. The van der Waals surface area contributed by atoms with Gasteiger partial charge in [0.05, 0.1) is 11.7 Å². The minimum Gasteiger partial charge on any atom is -0.377 e. The van der Waals surface area contributed by atoms with Gasteiger partial charge in [0.1, 0.15) is 11.5 Å². The molecule has 0 spiro atoms. The Kier molecular flexibility index (Phi) is 5.01. The van der Waals surface area contributed by atoms with Crippen LogP contribution >= 0.6 is 11.6 Å². The first kappa shape index (κ1) is 20.7. The lowest BCUT2D eigenvalue weighted by atomic mass is 9.94. The molecule has 2 N–H and O–H groups in total. The van der Waals surface area contributed by atoms with E-state index in [1.54, 1.807) is 4.90 Å². The zero-order valence-corrected chi connectivity index (χ0v) is 19.1. The number of nitrogens with one attached hydrogen (secondary N) is 2. The number of aryl methyl sites for hydroxylation is 2. The van der Waals surface area contributed by atoms with Crippen LogP contribution in [0, 0.1) is 19.3 Å². The smallest absolute Gasteiger partial charge is 0.275 e. The fourth-order valence-corrected chi connectivity index (χ4v) is 4.43. The van der Waals surface area contributed by atoms with Gasteiger partial charge in [-0.2, -0.15) is 0 Å². The molecule has 0 saturated heterocycles. The lowest BCUT2D eigenvalue weighted by molar-refractivity contribution is -0.115. The van der Waals surface area contributed by atoms with E-state index >= 15 is 0 Å². The van der Waals surface area contributed by atoms with Crippen molar-refractivity contribution in [2.24, 2.45) is 0 Å². The first-order valence-corrected chi connectivity index (χ1v) is 11.3. The van der Waals surface area contributed by atoms with Crippen molar-refractivity contribution in [2.75, 3.05) is 4.90 Å². The summed E-state index contributed by atoms with van der Waals surface area (Å²) < 4.78 is 1.91. The summed E-state index contributed by atoms with van der Waals surface area (Å²) in [6, 6.07) is 9.38. The Labute approximate surface area is 191 Å². The number of rotatable bonds is 6. The molecule has 1 amide bonds. The van der Waals surface area contributed by atoms with E-state index in [-0.39, 0.29) is 5.91 Å². The van der Waals surface area contributed by atoms with Gasteiger partial charge in [-0.05, 0) is 62.4 Å². The van der Waals surface area contributed by atoms with Crippen LogP contribution in [0.25, 0.3) is 5.65 Å². The van der Waals surface area contributed by atoms with Crippen molar-refractivity contribution < 1.29 is 4.79 Å². The van der Waals surface area contributed by atoms with Gasteiger partial charge < -0.3 is 10.7 Å². The molecule has 1 fully saturated rings. The van der Waals surface area contributed by atoms with E-state index in [1.165, 1.54) is 0 Å². The molecule has 3 heterocycles. The Bertz CT molecular complexity index is 1270. The molecule has 0 radical (unpaired) electrons. The third-order valence-electron chi connectivity index (χ3n) is 6.15. The molecule has 0 bridgehead atoms. The first-order chi connectivity index (χ1) is 15.4. The third kappa shape index (κ3) is 3.37. The maximum Gasteiger partial charge on any atom is 0.275 e. The molecule has 3 aromatic rings. The number of halogens is 1. The lowest BCUT2D eigenvalue weighted by Gasteiger charge is -2.28. The summed E-state index contributed by atoms with van der Waals surface area (Å²) in [4.78, 5) is 15.7. The number of benzene rings is 1. The molecular weight excluding hydrogens is 424 g/mol. The number of carbonyl (C=O) groups is 1. The molecule has 1 aromatic carbocycles. The number of hydrogen-bond donors (Lipinski definition) is 2. The second-order valence-corrected chi connectivity index (χ2v) is 8.93. The minimum atomic E-state index is -0.415. The molecule has 1 aliphatic carbocycles. The predicted molar refractivity (Wildman–Crippen MR) is 125 cm³/mol. The Hall–Kier alpha value is -3.19. The Balaban J connectivity index is 1.71. The highest BCUT2D eigenvalue weighted by molar-refractivity contribution is 6.30. The van der Waals surface area contributed by atoms with Crippen LogP contribution < -0.4 is 10.2 Å². The molecule has 1 atom stereocenters. The number of hydrogen-bond acceptors (Lipinski definition) is 5. The van der Waals surface area contributed by atoms with E-state index in [4.69, 9.17) is 17.0 Å². The van der Waals surface area contributed by atoms with Gasteiger partial charge in [0, 0.05) is 28.5 Å². The van der Waals surface area contributed by atoms with E-state index in [9.17, 15) is 4.79 Å². The van der Waals surface area contributed by atoms with Crippen LogP contribution in [-0.4, -0.2) is 32.3 Å². The second-order valence-electron chi connectivity index (χ2n) is 8.49. The van der Waals surface area contributed by atoms with Gasteiger partial charge in [0.15, 0.2) is 5.65 Å². The van der Waals surface area contributed by atoms with Crippen LogP contribution in [0.4, 0.5) is 5.69 Å². The summed E-state index contributed by atoms with van der Waals surface area (Å²) in [6.45, 7) is 5.81. The number of nitrogens with zero attached hydrogens (tertiary/aromatic N) is 4. The van der Waals surface area contributed by atoms with Crippen molar-refractivity contribution in [2.45, 2.75) is 52.1 Å². The molecule has 8 heteroatoms. The maximum absolute atomic E-state index is 13.9. The maximum atomic E-state index is 13.9. The zero-order valence-electron chi connectivity index (χ0n) is 18.3. The van der Waals surface area contributed by atoms with E-state index < -0.39 is 6.04 Å². The molecule has 5 rings (SSSR count). The van der Waals surface area contributed by atoms with Gasteiger partial charge in [0.25, 0.3) is 5.91 Å². The summed E-state index contributed by atoms with van der Waals surface area (Å²) in [5, 5.41) is 21.2. The monoisotopic (exact) mass is 448 g/mol. The Morgan fingerprint density at radius 3 is 2.59 bits per heavy atom. The van der Waals surface area contributed by atoms with Crippen molar-refractivity contribution in [3.63, 3.8) is 0 Å². The van der Waals surface area contributed by atoms with E-state index in [1.807, 2.05) is 61.7 Å². The average Bonchev–Trinajstić information content (AvgIpc) is 3.46. The van der Waals surface area contributed by atoms with Crippen LogP contribution in [0.1, 0.15) is 49.2 Å². The standard InChI is InChI=1S/C24H25ClN6O/c1-4-19(26)20-21(27-17-9-10-17)24(32)31(22(20)15-5-7-16(25)8-6-15)18-11-13(2)23-29-28-14(3)30(23)12-18/h5-8,11-12,17,22,26-27H,4,9-10H2,1-3H3. The van der Waals surface area contributed by atoms with E-state index in [0.29, 0.717) is 28.9 Å². The minimum absolute atomic E-state index is 0.116. The fourth-order valence-electron chi connectivity index (χ4n) is 4.30. The SMILES string of the molecule is CCC(=N)C1=C(NC2CC2)C(=O)N(c2cc(C)c3nnc(C)n3c2)C1c1ccc(Cl)cc1. The van der Waals surface area contributed by atoms with Gasteiger partial charge in [-0.3, -0.25) is 14.1 Å². The Morgan fingerprint density at radius 1 is 1.22 bits per heavy atom. The van der Waals surface area contributed by atoms with Crippen molar-refractivity contribution in [3.8, 4) is 0 Å². The van der Waals surface area contributed by atoms with E-state index in [0.717, 1.165) is 46.7 Å². The number of anilines is 1. The quantitative estimate of drug-likeness (QED) is 0.542. The van der Waals surface area contributed by atoms with Crippen molar-refractivity contribution in [1.82, 2.24) is 19.9 Å². The van der Waals surface area contributed by atoms with Crippen molar-refractivity contribution in [3.05, 3.63) is 69.8 Å². The highest BCUT2D eigenvalue weighted by Crippen LogP contribution is 2.43. The van der Waals surface area contributed by atoms with Gasteiger partial charge in [-0.15, -0.1) is 10.2 Å². The molecule has 7 nitrogen and oxygen atoms in total. The lowest BCUT2D eigenvalue weighted by Crippen LogP contribution is -2.33. The topological polar surface area (TPSA) is 86.4 Å². The second kappa shape index (κ2) is 7.74. The molecule has 1 aliphatic heterocycles. The average molecular weight is 449 g/mol. The van der Waals surface area contributed by atoms with Crippen LogP contribution in [0.15, 0.2) is 47.8 Å². The summed E-state index contributed by atoms with van der Waals surface area (Å²) in [5.74, 6) is 0.639. The molecule has 2 aliphatic rings. The zero-order chi connectivity index (χ0) is 22.6. The van der Waals surface area contributed by atoms with Gasteiger partial charge in [0.2, 0.25) is 0 Å². The summed E-state index contributed by atoms with van der Waals surface area (Å²) >= 11 is 6.16. The van der Waals surface area contributed by atoms with Crippen LogP contribution in [-0.2, 0) is 4.79 Å². The van der Waals surface area contributed by atoms with Gasteiger partial charge in [-0.1, -0.05) is 30.7 Å². The largest absolute Gasteiger partial charge is 0.377 e. The van der Waals surface area contributed by atoms with Crippen molar-refractivity contribution in [1.29, 1.82) is 5.41 Å². The van der Waals surface area contributed by atoms with Crippen LogP contribution in [0.3, 0.4) is 0 Å². The molecule has 164 valence electrons. The highest BCUT2D eigenvalue weighted by atomic mass is 35.5. The van der Waals surface area contributed by atoms with Gasteiger partial charge >= 0.3 is 0 Å².